The summed E-state index contributed by atoms with van der Waals surface area (Å²) in [6, 6.07) is 7.68. The Kier molecular flexibility index (Phi) is 4.83. The van der Waals surface area contributed by atoms with Gasteiger partial charge in [-0.1, -0.05) is 17.7 Å². The van der Waals surface area contributed by atoms with Crippen LogP contribution >= 0.6 is 23.8 Å². The van der Waals surface area contributed by atoms with Gasteiger partial charge in [0.15, 0.2) is 16.6 Å². The largest absolute Gasteiger partial charge is 0.486 e. The van der Waals surface area contributed by atoms with Gasteiger partial charge in [0, 0.05) is 12.7 Å². The van der Waals surface area contributed by atoms with Crippen LogP contribution in [0.1, 0.15) is 11.1 Å². The van der Waals surface area contributed by atoms with Crippen molar-refractivity contribution < 1.29 is 9.47 Å². The Labute approximate surface area is 145 Å². The Balaban J connectivity index is 1.58. The summed E-state index contributed by atoms with van der Waals surface area (Å²) in [4.78, 5) is 4.22. The van der Waals surface area contributed by atoms with Crippen LogP contribution in [0.25, 0.3) is 0 Å². The second-order valence-corrected chi connectivity index (χ2v) is 5.95. The third-order valence-corrected chi connectivity index (χ3v) is 3.79. The number of aromatic nitrogens is 1. The van der Waals surface area contributed by atoms with Gasteiger partial charge in [0.25, 0.3) is 0 Å². The van der Waals surface area contributed by atoms with Crippen LogP contribution in [0.15, 0.2) is 30.5 Å². The van der Waals surface area contributed by atoms with E-state index in [0.717, 1.165) is 22.6 Å². The number of fused-ring (bicyclic) bond motifs is 1. The summed E-state index contributed by atoms with van der Waals surface area (Å²) < 4.78 is 11.1. The molecule has 3 rings (SSSR count). The first-order valence-electron chi connectivity index (χ1n) is 7.17. The van der Waals surface area contributed by atoms with E-state index in [9.17, 15) is 0 Å². The number of benzene rings is 1. The highest BCUT2D eigenvalue weighted by atomic mass is 35.5. The first-order chi connectivity index (χ1) is 11.1. The zero-order valence-electron chi connectivity index (χ0n) is 12.6. The molecule has 1 aromatic carbocycles. The average Bonchev–Trinajstić information content (AvgIpc) is 2.55. The minimum Gasteiger partial charge on any atom is -0.486 e. The molecule has 0 amide bonds. The average molecular weight is 350 g/mol. The lowest BCUT2D eigenvalue weighted by atomic mass is 10.2. The van der Waals surface area contributed by atoms with E-state index in [4.69, 9.17) is 33.3 Å². The molecule has 0 radical (unpaired) electrons. The van der Waals surface area contributed by atoms with E-state index in [1.807, 2.05) is 31.2 Å². The molecule has 5 nitrogen and oxygen atoms in total. The number of nitrogens with zero attached hydrogens (tertiary/aromatic N) is 1. The third-order valence-electron chi connectivity index (χ3n) is 3.34. The Hall–Kier alpha value is -2.05. The van der Waals surface area contributed by atoms with E-state index >= 15 is 0 Å². The lowest BCUT2D eigenvalue weighted by molar-refractivity contribution is 0.171. The highest BCUT2D eigenvalue weighted by molar-refractivity contribution is 7.80. The smallest absolute Gasteiger partial charge is 0.172 e. The van der Waals surface area contributed by atoms with E-state index in [1.54, 1.807) is 6.20 Å². The second kappa shape index (κ2) is 7.02. The molecule has 0 saturated carbocycles. The number of hydrogen-bond acceptors (Lipinski definition) is 4. The summed E-state index contributed by atoms with van der Waals surface area (Å²) in [6.45, 7) is 3.66. The molecule has 0 spiro atoms. The number of halogens is 1. The van der Waals surface area contributed by atoms with Crippen LogP contribution in [0.3, 0.4) is 0 Å². The van der Waals surface area contributed by atoms with Crippen LogP contribution in [-0.4, -0.2) is 23.3 Å². The monoisotopic (exact) mass is 349 g/mol. The summed E-state index contributed by atoms with van der Waals surface area (Å²) in [7, 11) is 0. The van der Waals surface area contributed by atoms with Gasteiger partial charge in [-0.05, 0) is 48.5 Å². The number of pyridine rings is 1. The molecule has 2 N–H and O–H groups in total. The molecule has 0 aliphatic carbocycles. The lowest BCUT2D eigenvalue weighted by Gasteiger charge is -2.19. The summed E-state index contributed by atoms with van der Waals surface area (Å²) in [6.07, 6.45) is 1.58. The number of nitrogens with one attached hydrogen (secondary N) is 2. The predicted molar refractivity (Wildman–Crippen MR) is 94.5 cm³/mol. The maximum Gasteiger partial charge on any atom is 0.172 e. The molecule has 2 heterocycles. The number of aryl methyl sites for hydroxylation is 1. The van der Waals surface area contributed by atoms with Crippen molar-refractivity contribution in [3.05, 3.63) is 46.6 Å². The Morgan fingerprint density at radius 1 is 1.26 bits per heavy atom. The van der Waals surface area contributed by atoms with Crippen molar-refractivity contribution in [1.29, 1.82) is 0 Å². The van der Waals surface area contributed by atoms with Crippen molar-refractivity contribution in [3.8, 4) is 11.5 Å². The number of rotatable bonds is 3. The van der Waals surface area contributed by atoms with Crippen LogP contribution < -0.4 is 20.1 Å². The van der Waals surface area contributed by atoms with Crippen molar-refractivity contribution in [1.82, 2.24) is 10.3 Å². The van der Waals surface area contributed by atoms with Gasteiger partial charge in [0.05, 0.1) is 5.02 Å². The number of anilines is 1. The first-order valence-corrected chi connectivity index (χ1v) is 7.96. The maximum atomic E-state index is 5.89. The molecule has 120 valence electrons. The zero-order valence-corrected chi connectivity index (χ0v) is 14.1. The van der Waals surface area contributed by atoms with Crippen molar-refractivity contribution in [3.63, 3.8) is 0 Å². The van der Waals surface area contributed by atoms with Gasteiger partial charge >= 0.3 is 0 Å². The maximum absolute atomic E-state index is 5.89. The minimum absolute atomic E-state index is 0.498. The molecular weight excluding hydrogens is 334 g/mol. The van der Waals surface area contributed by atoms with Crippen molar-refractivity contribution >= 4 is 34.7 Å². The topological polar surface area (TPSA) is 55.4 Å². The zero-order chi connectivity index (χ0) is 16.2. The molecule has 2 aromatic rings. The first kappa shape index (κ1) is 15.8. The summed E-state index contributed by atoms with van der Waals surface area (Å²) in [5, 5.41) is 7.31. The fourth-order valence-corrected chi connectivity index (χ4v) is 2.58. The standard InChI is InChI=1S/C16H16ClN3O2S/c1-10-6-12(17)9-18-15(10)20-16(23)19-8-11-2-3-13-14(7-11)22-5-4-21-13/h2-3,6-7,9H,4-5,8H2,1H3,(H2,18,19,20,23). The van der Waals surface area contributed by atoms with Crippen LogP contribution in [0.4, 0.5) is 5.82 Å². The molecule has 7 heteroatoms. The fraction of sp³-hybridized carbons (Fsp3) is 0.250. The third kappa shape index (κ3) is 4.03. The molecule has 0 saturated heterocycles. The van der Waals surface area contributed by atoms with Gasteiger partial charge in [-0.3, -0.25) is 0 Å². The Bertz CT molecular complexity index is 739. The number of ether oxygens (including phenoxy) is 2. The molecule has 1 aromatic heterocycles. The molecule has 0 unspecified atom stereocenters. The molecular formula is C16H16ClN3O2S. The van der Waals surface area contributed by atoms with E-state index in [1.165, 1.54) is 0 Å². The van der Waals surface area contributed by atoms with Gasteiger partial charge < -0.3 is 20.1 Å². The van der Waals surface area contributed by atoms with Gasteiger partial charge in [0.1, 0.15) is 19.0 Å². The van der Waals surface area contributed by atoms with Crippen LogP contribution in [0.2, 0.25) is 5.02 Å². The highest BCUT2D eigenvalue weighted by Gasteiger charge is 2.11. The predicted octanol–water partition coefficient (Wildman–Crippen LogP) is 3.30. The van der Waals surface area contributed by atoms with Gasteiger partial charge in [-0.25, -0.2) is 4.98 Å². The van der Waals surface area contributed by atoms with Crippen molar-refractivity contribution in [2.24, 2.45) is 0 Å². The molecule has 1 aliphatic rings. The SMILES string of the molecule is Cc1cc(Cl)cnc1NC(=S)NCc1ccc2c(c1)OCCO2. The van der Waals surface area contributed by atoms with Crippen LogP contribution in [0, 0.1) is 6.92 Å². The number of hydrogen-bond donors (Lipinski definition) is 2. The molecule has 23 heavy (non-hydrogen) atoms. The van der Waals surface area contributed by atoms with Gasteiger partial charge in [0.2, 0.25) is 0 Å². The second-order valence-electron chi connectivity index (χ2n) is 5.10. The van der Waals surface area contributed by atoms with E-state index in [-0.39, 0.29) is 0 Å². The summed E-state index contributed by atoms with van der Waals surface area (Å²) in [5.41, 5.74) is 1.99. The minimum atomic E-state index is 0.498. The molecule has 0 bridgehead atoms. The molecule has 1 aliphatic heterocycles. The van der Waals surface area contributed by atoms with E-state index < -0.39 is 0 Å². The van der Waals surface area contributed by atoms with Crippen LogP contribution in [0.5, 0.6) is 11.5 Å². The van der Waals surface area contributed by atoms with Gasteiger partial charge in [-0.2, -0.15) is 0 Å². The fourth-order valence-electron chi connectivity index (χ4n) is 2.20. The normalized spacial score (nSPS) is 12.6. The number of thiocarbonyl (C=S) groups is 1. The molecule has 0 atom stereocenters. The van der Waals surface area contributed by atoms with Crippen LogP contribution in [-0.2, 0) is 6.54 Å². The summed E-state index contributed by atoms with van der Waals surface area (Å²) in [5.74, 6) is 2.24. The summed E-state index contributed by atoms with van der Waals surface area (Å²) >= 11 is 11.2. The van der Waals surface area contributed by atoms with Gasteiger partial charge in [-0.15, -0.1) is 0 Å². The Morgan fingerprint density at radius 2 is 2.04 bits per heavy atom. The van der Waals surface area contributed by atoms with E-state index in [0.29, 0.717) is 35.7 Å². The highest BCUT2D eigenvalue weighted by Crippen LogP contribution is 2.30. The molecule has 0 fully saturated rings. The van der Waals surface area contributed by atoms with Crippen molar-refractivity contribution in [2.45, 2.75) is 13.5 Å². The Morgan fingerprint density at radius 3 is 2.83 bits per heavy atom. The van der Waals surface area contributed by atoms with Crippen molar-refractivity contribution in [2.75, 3.05) is 18.5 Å². The van der Waals surface area contributed by atoms with E-state index in [2.05, 4.69) is 15.6 Å². The quantitative estimate of drug-likeness (QED) is 0.829. The lowest BCUT2D eigenvalue weighted by Crippen LogP contribution is -2.28.